The Morgan fingerprint density at radius 3 is 2.76 bits per heavy atom. The lowest BCUT2D eigenvalue weighted by Crippen LogP contribution is -2.32. The minimum Gasteiger partial charge on any atom is -0.490 e. The molecule has 0 saturated heterocycles. The Balaban J connectivity index is 2.20. The molecule has 0 fully saturated rings. The van der Waals surface area contributed by atoms with Crippen molar-refractivity contribution in [3.8, 4) is 5.75 Å². The average molecular weight is 237 g/mol. The molecule has 0 saturated carbocycles. The molecule has 0 spiro atoms. The lowest BCUT2D eigenvalue weighted by molar-refractivity contribution is 0.111. The van der Waals surface area contributed by atoms with Gasteiger partial charge >= 0.3 is 0 Å². The molecule has 0 aliphatic carbocycles. The normalized spacial score (nSPS) is 24.1. The topological polar surface area (TPSA) is 35.2 Å². The van der Waals surface area contributed by atoms with E-state index >= 15 is 0 Å². The van der Waals surface area contributed by atoms with Crippen LogP contribution in [0.1, 0.15) is 45.2 Å². The molecule has 3 heteroatoms. The van der Waals surface area contributed by atoms with Crippen molar-refractivity contribution in [3.05, 3.63) is 29.6 Å². The minimum absolute atomic E-state index is 0.0494. The predicted octanol–water partition coefficient (Wildman–Crippen LogP) is 3.41. The first-order valence-corrected chi connectivity index (χ1v) is 6.07. The van der Waals surface area contributed by atoms with E-state index < -0.39 is 0 Å². The lowest BCUT2D eigenvalue weighted by Gasteiger charge is -2.33. The number of ether oxygens (including phenoxy) is 1. The molecule has 2 nitrogen and oxygen atoms in total. The van der Waals surface area contributed by atoms with Gasteiger partial charge in [0, 0.05) is 24.1 Å². The molecule has 0 amide bonds. The van der Waals surface area contributed by atoms with Crippen molar-refractivity contribution in [1.82, 2.24) is 0 Å². The van der Waals surface area contributed by atoms with Crippen LogP contribution in [0.3, 0.4) is 0 Å². The summed E-state index contributed by atoms with van der Waals surface area (Å²) in [4.78, 5) is 0. The van der Waals surface area contributed by atoms with E-state index in [0.717, 1.165) is 18.4 Å². The Hall–Kier alpha value is -1.09. The summed E-state index contributed by atoms with van der Waals surface area (Å²) < 4.78 is 19.0. The highest BCUT2D eigenvalue weighted by atomic mass is 19.1. The van der Waals surface area contributed by atoms with Gasteiger partial charge in [-0.3, -0.25) is 0 Å². The summed E-state index contributed by atoms with van der Waals surface area (Å²) in [6, 6.07) is 4.55. The molecule has 1 heterocycles. The first kappa shape index (κ1) is 12.4. The van der Waals surface area contributed by atoms with Crippen molar-refractivity contribution in [3.63, 3.8) is 0 Å². The second-order valence-electron chi connectivity index (χ2n) is 6.03. The highest BCUT2D eigenvalue weighted by Crippen LogP contribution is 2.37. The molecule has 1 aliphatic rings. The largest absolute Gasteiger partial charge is 0.490 e. The highest BCUT2D eigenvalue weighted by molar-refractivity contribution is 5.38. The molecule has 0 radical (unpaired) electrons. The predicted molar refractivity (Wildman–Crippen MR) is 66.4 cm³/mol. The molecular weight excluding hydrogens is 217 g/mol. The summed E-state index contributed by atoms with van der Waals surface area (Å²) in [5.74, 6) is 0.338. The van der Waals surface area contributed by atoms with Crippen LogP contribution in [0.4, 0.5) is 4.39 Å². The van der Waals surface area contributed by atoms with Gasteiger partial charge in [0.05, 0.1) is 0 Å². The van der Waals surface area contributed by atoms with Crippen molar-refractivity contribution in [2.45, 2.75) is 45.8 Å². The van der Waals surface area contributed by atoms with Gasteiger partial charge in [0.2, 0.25) is 0 Å². The molecule has 17 heavy (non-hydrogen) atoms. The van der Waals surface area contributed by atoms with Crippen LogP contribution in [0.5, 0.6) is 5.75 Å². The van der Waals surface area contributed by atoms with E-state index in [0.29, 0.717) is 5.75 Å². The molecule has 1 aromatic rings. The standard InChI is InChI=1S/C14H20FNO/c1-14(2,3)8-10-7-12(16)11-5-4-9(15)6-13(11)17-10/h4-6,10,12H,7-8,16H2,1-3H3/t10?,12-/m0/s1. The highest BCUT2D eigenvalue weighted by Gasteiger charge is 2.29. The first-order valence-electron chi connectivity index (χ1n) is 6.07. The third-order valence-electron chi connectivity index (χ3n) is 3.03. The fourth-order valence-corrected chi connectivity index (χ4v) is 2.36. The van der Waals surface area contributed by atoms with Crippen LogP contribution >= 0.6 is 0 Å². The average Bonchev–Trinajstić information content (AvgIpc) is 2.13. The zero-order valence-electron chi connectivity index (χ0n) is 10.7. The monoisotopic (exact) mass is 237 g/mol. The quantitative estimate of drug-likeness (QED) is 0.812. The SMILES string of the molecule is CC(C)(C)CC1C[C@H](N)c2ccc(F)cc2O1. The van der Waals surface area contributed by atoms with Gasteiger partial charge in [0.25, 0.3) is 0 Å². The maximum atomic E-state index is 13.2. The van der Waals surface area contributed by atoms with E-state index in [1.807, 2.05) is 0 Å². The van der Waals surface area contributed by atoms with Crippen LogP contribution < -0.4 is 10.5 Å². The number of benzene rings is 1. The van der Waals surface area contributed by atoms with E-state index in [2.05, 4.69) is 20.8 Å². The van der Waals surface area contributed by atoms with Crippen molar-refractivity contribution in [2.75, 3.05) is 0 Å². The van der Waals surface area contributed by atoms with Crippen LogP contribution in [0, 0.1) is 11.2 Å². The minimum atomic E-state index is -0.271. The van der Waals surface area contributed by atoms with E-state index in [1.54, 1.807) is 6.07 Å². The molecule has 94 valence electrons. The van der Waals surface area contributed by atoms with Crippen LogP contribution in [-0.2, 0) is 0 Å². The van der Waals surface area contributed by atoms with Crippen molar-refractivity contribution in [1.29, 1.82) is 0 Å². The Bertz CT molecular complexity index is 411. The summed E-state index contributed by atoms with van der Waals surface area (Å²) in [5, 5.41) is 0. The summed E-state index contributed by atoms with van der Waals surface area (Å²) >= 11 is 0. The number of hydrogen-bond acceptors (Lipinski definition) is 2. The Morgan fingerprint density at radius 1 is 1.41 bits per heavy atom. The van der Waals surface area contributed by atoms with Gasteiger partial charge in [-0.15, -0.1) is 0 Å². The number of halogens is 1. The van der Waals surface area contributed by atoms with Crippen molar-refractivity contribution >= 4 is 0 Å². The summed E-state index contributed by atoms with van der Waals surface area (Å²) in [7, 11) is 0. The van der Waals surface area contributed by atoms with Crippen LogP contribution in [-0.4, -0.2) is 6.10 Å². The summed E-state index contributed by atoms with van der Waals surface area (Å²) in [6.07, 6.45) is 1.81. The first-order chi connectivity index (χ1) is 7.85. The van der Waals surface area contributed by atoms with E-state index in [4.69, 9.17) is 10.5 Å². The second kappa shape index (κ2) is 4.30. The van der Waals surface area contributed by atoms with Gasteiger partial charge in [0.1, 0.15) is 17.7 Å². The van der Waals surface area contributed by atoms with Gasteiger partial charge in [-0.2, -0.15) is 0 Å². The summed E-state index contributed by atoms with van der Waals surface area (Å²) in [6.45, 7) is 6.51. The Morgan fingerprint density at radius 2 is 2.12 bits per heavy atom. The summed E-state index contributed by atoms with van der Waals surface area (Å²) in [5.41, 5.74) is 7.21. The lowest BCUT2D eigenvalue weighted by atomic mass is 9.85. The third-order valence-corrected chi connectivity index (χ3v) is 3.03. The molecule has 2 rings (SSSR count). The third kappa shape index (κ3) is 2.97. The smallest absolute Gasteiger partial charge is 0.127 e. The van der Waals surface area contributed by atoms with Gasteiger partial charge < -0.3 is 10.5 Å². The molecule has 2 atom stereocenters. The van der Waals surface area contributed by atoms with Gasteiger partial charge in [-0.25, -0.2) is 4.39 Å². The van der Waals surface area contributed by atoms with Gasteiger partial charge in [-0.1, -0.05) is 26.8 Å². The fourth-order valence-electron chi connectivity index (χ4n) is 2.36. The molecule has 2 N–H and O–H groups in total. The van der Waals surface area contributed by atoms with E-state index in [1.165, 1.54) is 12.1 Å². The number of rotatable bonds is 1. The van der Waals surface area contributed by atoms with Gasteiger partial charge in [-0.05, 0) is 17.9 Å². The molecule has 1 aromatic carbocycles. The molecule has 0 aromatic heterocycles. The Labute approximate surface area is 102 Å². The molecule has 1 unspecified atom stereocenters. The number of hydrogen-bond donors (Lipinski definition) is 1. The van der Waals surface area contributed by atoms with Gasteiger partial charge in [0.15, 0.2) is 0 Å². The van der Waals surface area contributed by atoms with Crippen LogP contribution in [0.2, 0.25) is 0 Å². The zero-order valence-corrected chi connectivity index (χ0v) is 10.7. The zero-order chi connectivity index (χ0) is 12.6. The molecule has 1 aliphatic heterocycles. The number of fused-ring (bicyclic) bond motifs is 1. The van der Waals surface area contributed by atoms with Crippen molar-refractivity contribution < 1.29 is 9.13 Å². The van der Waals surface area contributed by atoms with Crippen LogP contribution in [0.15, 0.2) is 18.2 Å². The second-order valence-corrected chi connectivity index (χ2v) is 6.03. The maximum Gasteiger partial charge on any atom is 0.127 e. The fraction of sp³-hybridized carbons (Fsp3) is 0.571. The molecule has 0 bridgehead atoms. The van der Waals surface area contributed by atoms with E-state index in [-0.39, 0.29) is 23.4 Å². The Kier molecular flexibility index (Phi) is 3.13. The van der Waals surface area contributed by atoms with Crippen LogP contribution in [0.25, 0.3) is 0 Å². The number of nitrogens with two attached hydrogens (primary N) is 1. The maximum absolute atomic E-state index is 13.2. The van der Waals surface area contributed by atoms with E-state index in [9.17, 15) is 4.39 Å². The van der Waals surface area contributed by atoms with Crippen molar-refractivity contribution in [2.24, 2.45) is 11.1 Å². The molecular formula is C14H20FNO.